The van der Waals surface area contributed by atoms with Crippen molar-refractivity contribution >= 4 is 34.0 Å². The number of anilines is 2. The Bertz CT molecular complexity index is 1350. The Hall–Kier alpha value is -3.97. The third kappa shape index (κ3) is 3.66. The molecular formula is C23H16N4O2S. The predicted octanol–water partition coefficient (Wildman–Crippen LogP) is 5.58. The maximum Gasteiger partial charge on any atom is 0.262 e. The van der Waals surface area contributed by atoms with Crippen LogP contribution in [-0.2, 0) is 0 Å². The van der Waals surface area contributed by atoms with Gasteiger partial charge in [0.25, 0.3) is 5.56 Å². The number of thiophene rings is 1. The second-order valence-electron chi connectivity index (χ2n) is 6.51. The van der Waals surface area contributed by atoms with Gasteiger partial charge in [-0.25, -0.2) is 4.98 Å². The lowest BCUT2D eigenvalue weighted by atomic mass is 10.1. The van der Waals surface area contributed by atoms with E-state index in [-0.39, 0.29) is 5.56 Å². The molecule has 0 saturated carbocycles. The highest BCUT2D eigenvalue weighted by molar-refractivity contribution is 7.13. The molecule has 3 aromatic heterocycles. The predicted molar refractivity (Wildman–Crippen MR) is 120 cm³/mol. The summed E-state index contributed by atoms with van der Waals surface area (Å²) in [6.07, 6.45) is 1.67. The lowest BCUT2D eigenvalue weighted by Crippen LogP contribution is -2.12. The molecule has 3 heterocycles. The monoisotopic (exact) mass is 412 g/mol. The van der Waals surface area contributed by atoms with Crippen molar-refractivity contribution in [2.45, 2.75) is 0 Å². The number of H-pyrrole nitrogens is 1. The number of rotatable bonds is 5. The van der Waals surface area contributed by atoms with Gasteiger partial charge in [0, 0.05) is 22.3 Å². The number of fused-ring (bicyclic) bond motifs is 1. The number of nitrogens with one attached hydrogen (secondary N) is 2. The van der Waals surface area contributed by atoms with Crippen LogP contribution in [-0.4, -0.2) is 15.0 Å². The van der Waals surface area contributed by atoms with Gasteiger partial charge in [-0.2, -0.15) is 4.98 Å². The molecule has 5 rings (SSSR count). The summed E-state index contributed by atoms with van der Waals surface area (Å²) >= 11 is 1.57. The Morgan fingerprint density at radius 2 is 1.70 bits per heavy atom. The van der Waals surface area contributed by atoms with Crippen LogP contribution in [0.5, 0.6) is 11.5 Å². The van der Waals surface area contributed by atoms with E-state index in [1.54, 1.807) is 17.5 Å². The zero-order valence-corrected chi connectivity index (χ0v) is 16.5. The number of aromatic nitrogens is 3. The van der Waals surface area contributed by atoms with Crippen molar-refractivity contribution in [2.75, 3.05) is 5.32 Å². The summed E-state index contributed by atoms with van der Waals surface area (Å²) < 4.78 is 5.80. The summed E-state index contributed by atoms with van der Waals surface area (Å²) in [5.41, 5.74) is 1.77. The fraction of sp³-hybridized carbons (Fsp3) is 0. The zero-order valence-electron chi connectivity index (χ0n) is 15.7. The highest BCUT2D eigenvalue weighted by Gasteiger charge is 2.12. The van der Waals surface area contributed by atoms with E-state index in [0.717, 1.165) is 21.9 Å². The number of hydrogen-bond donors (Lipinski definition) is 2. The molecule has 0 atom stereocenters. The van der Waals surface area contributed by atoms with Gasteiger partial charge in [0.15, 0.2) is 5.65 Å². The maximum absolute atomic E-state index is 12.8. The highest BCUT2D eigenvalue weighted by Crippen LogP contribution is 2.29. The fourth-order valence-corrected chi connectivity index (χ4v) is 3.89. The second-order valence-corrected chi connectivity index (χ2v) is 7.46. The molecule has 2 N–H and O–H groups in total. The summed E-state index contributed by atoms with van der Waals surface area (Å²) in [6, 6.07) is 22.8. The lowest BCUT2D eigenvalue weighted by molar-refractivity contribution is 0.483. The van der Waals surface area contributed by atoms with Crippen molar-refractivity contribution in [3.63, 3.8) is 0 Å². The number of benzene rings is 2. The zero-order chi connectivity index (χ0) is 20.3. The van der Waals surface area contributed by atoms with E-state index in [0.29, 0.717) is 22.7 Å². The lowest BCUT2D eigenvalue weighted by Gasteiger charge is -2.09. The average Bonchev–Trinajstić information content (AvgIpc) is 3.30. The normalized spacial score (nSPS) is 10.8. The second kappa shape index (κ2) is 7.81. The van der Waals surface area contributed by atoms with Crippen molar-refractivity contribution in [1.82, 2.24) is 15.0 Å². The van der Waals surface area contributed by atoms with Crippen LogP contribution >= 0.6 is 11.3 Å². The van der Waals surface area contributed by atoms with Crippen LogP contribution in [0.2, 0.25) is 0 Å². The van der Waals surface area contributed by atoms with E-state index < -0.39 is 0 Å². The first-order valence-corrected chi connectivity index (χ1v) is 10.2. The van der Waals surface area contributed by atoms with E-state index in [1.165, 1.54) is 0 Å². The number of nitrogens with zero attached hydrogens (tertiary/aromatic N) is 2. The van der Waals surface area contributed by atoms with Gasteiger partial charge in [-0.05, 0) is 53.9 Å². The van der Waals surface area contributed by atoms with Crippen LogP contribution < -0.4 is 15.6 Å². The Morgan fingerprint density at radius 1 is 0.900 bits per heavy atom. The topological polar surface area (TPSA) is 79.9 Å². The Kier molecular flexibility index (Phi) is 4.71. The van der Waals surface area contributed by atoms with E-state index in [2.05, 4.69) is 20.3 Å². The smallest absolute Gasteiger partial charge is 0.262 e. The molecule has 0 aliphatic heterocycles. The van der Waals surface area contributed by atoms with Crippen molar-refractivity contribution in [3.8, 4) is 21.9 Å². The van der Waals surface area contributed by atoms with Gasteiger partial charge in [0.05, 0.1) is 5.39 Å². The molecule has 6 nitrogen and oxygen atoms in total. The number of hydrogen-bond acceptors (Lipinski definition) is 6. The minimum absolute atomic E-state index is 0.233. The molecule has 7 heteroatoms. The summed E-state index contributed by atoms with van der Waals surface area (Å²) in [6.45, 7) is 0. The third-order valence-corrected chi connectivity index (χ3v) is 5.39. The molecule has 0 radical (unpaired) electrons. The fourth-order valence-electron chi connectivity index (χ4n) is 3.13. The van der Waals surface area contributed by atoms with Crippen LogP contribution in [0.1, 0.15) is 0 Å². The molecule has 30 heavy (non-hydrogen) atoms. The molecule has 146 valence electrons. The first kappa shape index (κ1) is 18.1. The summed E-state index contributed by atoms with van der Waals surface area (Å²) in [7, 11) is 0. The van der Waals surface area contributed by atoms with Crippen LogP contribution in [0.4, 0.5) is 11.6 Å². The van der Waals surface area contributed by atoms with Crippen LogP contribution in [0.3, 0.4) is 0 Å². The minimum Gasteiger partial charge on any atom is -0.457 e. The van der Waals surface area contributed by atoms with E-state index in [9.17, 15) is 4.79 Å². The van der Waals surface area contributed by atoms with Gasteiger partial charge in [-0.3, -0.25) is 9.78 Å². The summed E-state index contributed by atoms with van der Waals surface area (Å²) in [4.78, 5) is 25.4. The van der Waals surface area contributed by atoms with Crippen LogP contribution in [0.15, 0.2) is 89.2 Å². The van der Waals surface area contributed by atoms with E-state index in [1.807, 2.05) is 78.2 Å². The Balaban J connectivity index is 1.41. The molecule has 5 aromatic rings. The van der Waals surface area contributed by atoms with E-state index >= 15 is 0 Å². The number of para-hydroxylation sites is 1. The van der Waals surface area contributed by atoms with Crippen LogP contribution in [0, 0.1) is 0 Å². The number of pyridine rings is 1. The maximum atomic E-state index is 12.8. The molecule has 0 bridgehead atoms. The van der Waals surface area contributed by atoms with Gasteiger partial charge in [0.2, 0.25) is 5.95 Å². The molecule has 0 aliphatic carbocycles. The minimum atomic E-state index is -0.233. The van der Waals surface area contributed by atoms with Crippen molar-refractivity contribution in [1.29, 1.82) is 0 Å². The molecule has 2 aromatic carbocycles. The number of ether oxygens (including phenoxy) is 1. The Labute approximate surface area is 175 Å². The van der Waals surface area contributed by atoms with Gasteiger partial charge in [-0.1, -0.05) is 24.3 Å². The van der Waals surface area contributed by atoms with Gasteiger partial charge in [0.1, 0.15) is 11.5 Å². The third-order valence-electron chi connectivity index (χ3n) is 4.49. The average molecular weight is 412 g/mol. The van der Waals surface area contributed by atoms with E-state index in [4.69, 9.17) is 4.74 Å². The van der Waals surface area contributed by atoms with Gasteiger partial charge in [-0.15, -0.1) is 11.3 Å². The van der Waals surface area contributed by atoms with Crippen molar-refractivity contribution in [2.24, 2.45) is 0 Å². The highest BCUT2D eigenvalue weighted by atomic mass is 32.1. The van der Waals surface area contributed by atoms with Crippen molar-refractivity contribution < 1.29 is 4.74 Å². The van der Waals surface area contributed by atoms with Crippen molar-refractivity contribution in [3.05, 3.63) is 94.7 Å². The quantitative estimate of drug-likeness (QED) is 0.394. The summed E-state index contributed by atoms with van der Waals surface area (Å²) in [5, 5.41) is 5.58. The van der Waals surface area contributed by atoms with Crippen LogP contribution in [0.25, 0.3) is 21.5 Å². The largest absolute Gasteiger partial charge is 0.457 e. The molecular weight excluding hydrogens is 396 g/mol. The molecule has 0 amide bonds. The standard InChI is InChI=1S/C23H16N4O2S/c28-22-20-18(19-7-4-14-30-19)12-13-24-21(20)26-23(27-22)25-15-8-10-17(11-9-15)29-16-5-2-1-3-6-16/h1-14H,(H2,24,25,26,27,28). The molecule has 0 aliphatic rings. The summed E-state index contributed by atoms with van der Waals surface area (Å²) in [5.74, 6) is 1.82. The SMILES string of the molecule is O=c1[nH]c(Nc2ccc(Oc3ccccc3)cc2)nc2nccc(-c3cccs3)c12. The van der Waals surface area contributed by atoms with Gasteiger partial charge >= 0.3 is 0 Å². The molecule has 0 unspecified atom stereocenters. The number of aromatic amines is 1. The molecule has 0 saturated heterocycles. The van der Waals surface area contributed by atoms with Gasteiger partial charge < -0.3 is 10.1 Å². The Morgan fingerprint density at radius 3 is 2.47 bits per heavy atom. The molecule has 0 fully saturated rings. The first-order chi connectivity index (χ1) is 14.8. The molecule has 0 spiro atoms. The first-order valence-electron chi connectivity index (χ1n) is 9.29.